The smallest absolute Gasteiger partial charge is 0.329 e. The van der Waals surface area contributed by atoms with Gasteiger partial charge in [-0.05, 0) is 26.0 Å². The highest BCUT2D eigenvalue weighted by Crippen LogP contribution is 2.28. The molecular formula is C13H17N3O4. The Balaban J connectivity index is 2.83. The molecule has 20 heavy (non-hydrogen) atoms. The lowest BCUT2D eigenvalue weighted by Crippen LogP contribution is -2.32. The number of carbonyl (C=O) groups is 2. The van der Waals surface area contributed by atoms with Crippen molar-refractivity contribution < 1.29 is 19.1 Å². The maximum absolute atomic E-state index is 11.7. The number of anilines is 1. The van der Waals surface area contributed by atoms with E-state index in [-0.39, 0.29) is 0 Å². The Kier molecular flexibility index (Phi) is 5.52. The van der Waals surface area contributed by atoms with Crippen LogP contribution in [-0.4, -0.2) is 31.7 Å². The minimum absolute atomic E-state index is 0.337. The van der Waals surface area contributed by atoms with Crippen molar-refractivity contribution in [1.29, 1.82) is 0 Å². The van der Waals surface area contributed by atoms with Gasteiger partial charge in [0.05, 0.1) is 19.9 Å². The van der Waals surface area contributed by atoms with Gasteiger partial charge in [-0.15, -0.1) is 0 Å². The Morgan fingerprint density at radius 1 is 1.10 bits per heavy atom. The van der Waals surface area contributed by atoms with Crippen LogP contribution in [0.15, 0.2) is 23.3 Å². The molecule has 0 aliphatic heterocycles. The summed E-state index contributed by atoms with van der Waals surface area (Å²) in [6, 6.07) is 4.86. The Morgan fingerprint density at radius 3 is 2.35 bits per heavy atom. The van der Waals surface area contributed by atoms with E-state index in [1.54, 1.807) is 32.0 Å². The molecule has 108 valence electrons. The van der Waals surface area contributed by atoms with Gasteiger partial charge in [-0.1, -0.05) is 0 Å². The summed E-state index contributed by atoms with van der Waals surface area (Å²) in [7, 11) is 2.96. The lowest BCUT2D eigenvalue weighted by molar-refractivity contribution is -0.136. The molecule has 1 aromatic carbocycles. The largest absolute Gasteiger partial charge is 0.497 e. The molecule has 1 aromatic rings. The third-order valence-electron chi connectivity index (χ3n) is 2.24. The number of carbonyl (C=O) groups excluding carboxylic acids is 2. The number of hydrogen-bond acceptors (Lipinski definition) is 5. The van der Waals surface area contributed by atoms with Crippen LogP contribution < -0.4 is 20.2 Å². The fraction of sp³-hybridized carbons (Fsp3) is 0.308. The molecule has 2 amide bonds. The first-order valence-electron chi connectivity index (χ1n) is 5.82. The van der Waals surface area contributed by atoms with E-state index >= 15 is 0 Å². The molecule has 0 saturated carbocycles. The molecule has 0 fully saturated rings. The summed E-state index contributed by atoms with van der Waals surface area (Å²) in [5, 5.41) is 6.10. The van der Waals surface area contributed by atoms with E-state index in [0.717, 1.165) is 0 Å². The molecule has 0 saturated heterocycles. The third kappa shape index (κ3) is 4.27. The second kappa shape index (κ2) is 7.13. The van der Waals surface area contributed by atoms with Crippen molar-refractivity contribution in [1.82, 2.24) is 5.43 Å². The molecule has 0 bridgehead atoms. The van der Waals surface area contributed by atoms with Crippen LogP contribution in [0.25, 0.3) is 0 Å². The van der Waals surface area contributed by atoms with Crippen molar-refractivity contribution in [2.24, 2.45) is 5.10 Å². The Bertz CT molecular complexity index is 536. The quantitative estimate of drug-likeness (QED) is 0.491. The van der Waals surface area contributed by atoms with Crippen LogP contribution in [-0.2, 0) is 9.59 Å². The zero-order valence-corrected chi connectivity index (χ0v) is 11.8. The monoisotopic (exact) mass is 279 g/mol. The highest BCUT2D eigenvalue weighted by molar-refractivity contribution is 6.39. The predicted octanol–water partition coefficient (Wildman–Crippen LogP) is 1.15. The lowest BCUT2D eigenvalue weighted by atomic mass is 10.2. The highest BCUT2D eigenvalue weighted by Gasteiger charge is 2.16. The number of rotatable bonds is 4. The maximum Gasteiger partial charge on any atom is 0.329 e. The number of benzene rings is 1. The summed E-state index contributed by atoms with van der Waals surface area (Å²) >= 11 is 0. The standard InChI is InChI=1S/C13H17N3O4/c1-8(2)15-16-13(18)12(17)14-10-7-9(19-3)5-6-11(10)20-4/h5-7H,1-4H3,(H,14,17)(H,16,18). The first kappa shape index (κ1) is 15.5. The van der Waals surface area contributed by atoms with Crippen molar-refractivity contribution in [3.05, 3.63) is 18.2 Å². The summed E-state index contributed by atoms with van der Waals surface area (Å²) < 4.78 is 10.1. The van der Waals surface area contributed by atoms with Crippen molar-refractivity contribution in [3.63, 3.8) is 0 Å². The van der Waals surface area contributed by atoms with Crippen molar-refractivity contribution in [3.8, 4) is 11.5 Å². The summed E-state index contributed by atoms with van der Waals surface area (Å²) in [5.74, 6) is -0.760. The molecule has 0 aliphatic rings. The minimum atomic E-state index is -0.865. The van der Waals surface area contributed by atoms with Gasteiger partial charge < -0.3 is 14.8 Å². The average Bonchev–Trinajstić information content (AvgIpc) is 2.44. The van der Waals surface area contributed by atoms with Gasteiger partial charge in [0.2, 0.25) is 0 Å². The van der Waals surface area contributed by atoms with E-state index in [0.29, 0.717) is 22.9 Å². The molecule has 0 aliphatic carbocycles. The van der Waals surface area contributed by atoms with Gasteiger partial charge in [-0.2, -0.15) is 5.10 Å². The Morgan fingerprint density at radius 2 is 1.80 bits per heavy atom. The molecule has 0 unspecified atom stereocenters. The van der Waals surface area contributed by atoms with Crippen LogP contribution >= 0.6 is 0 Å². The zero-order valence-electron chi connectivity index (χ0n) is 11.8. The van der Waals surface area contributed by atoms with Crippen LogP contribution in [0, 0.1) is 0 Å². The summed E-state index contributed by atoms with van der Waals surface area (Å²) in [4.78, 5) is 23.2. The van der Waals surface area contributed by atoms with E-state index in [1.165, 1.54) is 14.2 Å². The van der Waals surface area contributed by atoms with Crippen molar-refractivity contribution in [2.45, 2.75) is 13.8 Å². The number of nitrogens with one attached hydrogen (secondary N) is 2. The van der Waals surface area contributed by atoms with Crippen LogP contribution in [0.1, 0.15) is 13.8 Å². The van der Waals surface area contributed by atoms with Crippen LogP contribution in [0.3, 0.4) is 0 Å². The molecule has 2 N–H and O–H groups in total. The van der Waals surface area contributed by atoms with Gasteiger partial charge >= 0.3 is 11.8 Å². The number of methoxy groups -OCH3 is 2. The lowest BCUT2D eigenvalue weighted by Gasteiger charge is -2.11. The SMILES string of the molecule is COc1ccc(OC)c(NC(=O)C(=O)NN=C(C)C)c1. The number of ether oxygens (including phenoxy) is 2. The van der Waals surface area contributed by atoms with Gasteiger partial charge in [-0.3, -0.25) is 9.59 Å². The first-order valence-corrected chi connectivity index (χ1v) is 5.82. The molecule has 0 spiro atoms. The van der Waals surface area contributed by atoms with E-state index in [2.05, 4.69) is 15.8 Å². The third-order valence-corrected chi connectivity index (χ3v) is 2.24. The first-order chi connectivity index (χ1) is 9.47. The molecule has 0 aromatic heterocycles. The van der Waals surface area contributed by atoms with Crippen LogP contribution in [0.4, 0.5) is 5.69 Å². The van der Waals surface area contributed by atoms with Gasteiger partial charge in [-0.25, -0.2) is 5.43 Å². The van der Waals surface area contributed by atoms with Crippen LogP contribution in [0.2, 0.25) is 0 Å². The van der Waals surface area contributed by atoms with Gasteiger partial charge in [0.25, 0.3) is 0 Å². The number of nitrogens with zero attached hydrogens (tertiary/aromatic N) is 1. The van der Waals surface area contributed by atoms with E-state index in [4.69, 9.17) is 9.47 Å². The fourth-order valence-corrected chi connectivity index (χ4v) is 1.30. The van der Waals surface area contributed by atoms with E-state index in [1.807, 2.05) is 0 Å². The fourth-order valence-electron chi connectivity index (χ4n) is 1.30. The number of amides is 2. The van der Waals surface area contributed by atoms with Gasteiger partial charge in [0.1, 0.15) is 11.5 Å². The summed E-state index contributed by atoms with van der Waals surface area (Å²) in [6.45, 7) is 3.40. The molecule has 1 rings (SSSR count). The average molecular weight is 279 g/mol. The number of hydrogen-bond donors (Lipinski definition) is 2. The molecule has 7 nitrogen and oxygen atoms in total. The summed E-state index contributed by atoms with van der Waals surface area (Å²) in [6.07, 6.45) is 0. The molecule has 0 heterocycles. The summed E-state index contributed by atoms with van der Waals surface area (Å²) in [5.41, 5.74) is 3.10. The predicted molar refractivity (Wildman–Crippen MR) is 75.1 cm³/mol. The molecule has 0 atom stereocenters. The minimum Gasteiger partial charge on any atom is -0.497 e. The maximum atomic E-state index is 11.7. The number of hydrazone groups is 1. The van der Waals surface area contributed by atoms with Crippen molar-refractivity contribution in [2.75, 3.05) is 19.5 Å². The highest BCUT2D eigenvalue weighted by atomic mass is 16.5. The molecule has 0 radical (unpaired) electrons. The van der Waals surface area contributed by atoms with Gasteiger partial charge in [0, 0.05) is 11.8 Å². The van der Waals surface area contributed by atoms with Crippen LogP contribution in [0.5, 0.6) is 11.5 Å². The zero-order chi connectivity index (χ0) is 15.1. The molecular weight excluding hydrogens is 262 g/mol. The second-order valence-corrected chi connectivity index (χ2v) is 4.02. The second-order valence-electron chi connectivity index (χ2n) is 4.02. The molecule has 7 heteroatoms. The van der Waals surface area contributed by atoms with Crippen molar-refractivity contribution >= 4 is 23.2 Å². The van der Waals surface area contributed by atoms with E-state index in [9.17, 15) is 9.59 Å². The Hall–Kier alpha value is -2.57. The Labute approximate surface area is 117 Å². The topological polar surface area (TPSA) is 89.0 Å². The van der Waals surface area contributed by atoms with Gasteiger partial charge in [0.15, 0.2) is 0 Å². The normalized spacial score (nSPS) is 9.40. The van der Waals surface area contributed by atoms with E-state index < -0.39 is 11.8 Å².